The van der Waals surface area contributed by atoms with Crippen LogP contribution in [0.2, 0.25) is 0 Å². The highest BCUT2D eigenvalue weighted by Gasteiger charge is 2.34. The molecule has 0 saturated carbocycles. The highest BCUT2D eigenvalue weighted by atomic mass is 32.1. The molecule has 0 amide bonds. The summed E-state index contributed by atoms with van der Waals surface area (Å²) in [6, 6.07) is 15.3. The molecule has 0 bridgehead atoms. The number of carbonyl (C=O) groups excluding carboxylic acids is 1. The number of fused-ring (bicyclic) bond motifs is 1. The van der Waals surface area contributed by atoms with Crippen molar-refractivity contribution in [1.82, 2.24) is 4.57 Å². The molecule has 2 aromatic carbocycles. The van der Waals surface area contributed by atoms with Crippen LogP contribution in [0.5, 0.6) is 17.2 Å². The fourth-order valence-electron chi connectivity index (χ4n) is 4.87. The highest BCUT2D eigenvalue weighted by molar-refractivity contribution is 7.07. The lowest BCUT2D eigenvalue weighted by Crippen LogP contribution is -2.40. The number of rotatable bonds is 8. The van der Waals surface area contributed by atoms with E-state index in [0.29, 0.717) is 60.5 Å². The predicted octanol–water partition coefficient (Wildman–Crippen LogP) is 3.96. The van der Waals surface area contributed by atoms with Crippen LogP contribution in [0.15, 0.2) is 74.0 Å². The molecular formula is C31H27N3O7S. The van der Waals surface area contributed by atoms with Crippen molar-refractivity contribution in [3.63, 3.8) is 0 Å². The molecule has 214 valence electrons. The largest absolute Gasteiger partial charge is 0.493 e. The summed E-state index contributed by atoms with van der Waals surface area (Å²) in [7, 11) is 4.48. The summed E-state index contributed by atoms with van der Waals surface area (Å²) in [4.78, 5) is 32.2. The maximum atomic E-state index is 14.0. The second-order valence-electron chi connectivity index (χ2n) is 9.12. The van der Waals surface area contributed by atoms with Gasteiger partial charge in [-0.15, -0.1) is 0 Å². The minimum Gasteiger partial charge on any atom is -0.493 e. The number of hydrogen-bond donors (Lipinski definition) is 0. The van der Waals surface area contributed by atoms with Crippen molar-refractivity contribution in [2.24, 2.45) is 4.99 Å². The average molecular weight is 586 g/mol. The van der Waals surface area contributed by atoms with Crippen molar-refractivity contribution in [1.29, 1.82) is 5.26 Å². The number of carbonyl (C=O) groups is 1. The van der Waals surface area contributed by atoms with Crippen molar-refractivity contribution >= 4 is 23.4 Å². The van der Waals surface area contributed by atoms with Gasteiger partial charge < -0.3 is 23.4 Å². The fourth-order valence-corrected chi connectivity index (χ4v) is 5.89. The third kappa shape index (κ3) is 4.97. The summed E-state index contributed by atoms with van der Waals surface area (Å²) in [5.41, 5.74) is 1.94. The second kappa shape index (κ2) is 11.8. The molecule has 0 spiro atoms. The monoisotopic (exact) mass is 585 g/mol. The van der Waals surface area contributed by atoms with Gasteiger partial charge in [-0.3, -0.25) is 9.36 Å². The van der Waals surface area contributed by atoms with Gasteiger partial charge >= 0.3 is 5.97 Å². The van der Waals surface area contributed by atoms with Gasteiger partial charge in [-0.1, -0.05) is 23.5 Å². The van der Waals surface area contributed by atoms with Crippen LogP contribution in [0.3, 0.4) is 0 Å². The summed E-state index contributed by atoms with van der Waals surface area (Å²) in [6.07, 6.45) is 1.62. The van der Waals surface area contributed by atoms with Crippen LogP contribution in [0.25, 0.3) is 17.4 Å². The molecule has 3 heterocycles. The third-order valence-corrected chi connectivity index (χ3v) is 7.72. The Bertz CT molecular complexity index is 1920. The molecule has 11 heteroatoms. The molecule has 42 heavy (non-hydrogen) atoms. The quantitative estimate of drug-likeness (QED) is 0.285. The zero-order valence-electron chi connectivity index (χ0n) is 23.6. The zero-order chi connectivity index (χ0) is 30.0. The average Bonchev–Trinajstić information content (AvgIpc) is 3.59. The molecule has 1 aliphatic rings. The molecule has 5 rings (SSSR count). The molecule has 1 aliphatic heterocycles. The third-order valence-electron chi connectivity index (χ3n) is 6.73. The first kappa shape index (κ1) is 28.4. The lowest BCUT2D eigenvalue weighted by atomic mass is 9.95. The van der Waals surface area contributed by atoms with Crippen LogP contribution < -0.4 is 29.1 Å². The van der Waals surface area contributed by atoms with Gasteiger partial charge in [0.1, 0.15) is 11.5 Å². The van der Waals surface area contributed by atoms with E-state index in [1.165, 1.54) is 37.2 Å². The number of methoxy groups -OCH3 is 3. The number of esters is 1. The first-order valence-electron chi connectivity index (χ1n) is 12.9. The Morgan fingerprint density at radius 1 is 1.12 bits per heavy atom. The molecule has 0 unspecified atom stereocenters. The number of furan rings is 1. The van der Waals surface area contributed by atoms with Gasteiger partial charge in [-0.05, 0) is 55.8 Å². The van der Waals surface area contributed by atoms with E-state index in [1.807, 2.05) is 6.07 Å². The van der Waals surface area contributed by atoms with Gasteiger partial charge in [0, 0.05) is 11.6 Å². The molecule has 0 fully saturated rings. The van der Waals surface area contributed by atoms with Crippen molar-refractivity contribution in [2.75, 3.05) is 27.9 Å². The summed E-state index contributed by atoms with van der Waals surface area (Å²) >= 11 is 1.17. The topological polar surface area (TPSA) is 125 Å². The number of nitrogens with zero attached hydrogens (tertiary/aromatic N) is 3. The smallest absolute Gasteiger partial charge is 0.338 e. The van der Waals surface area contributed by atoms with Gasteiger partial charge in [-0.25, -0.2) is 9.79 Å². The number of ether oxygens (including phenoxy) is 4. The minimum atomic E-state index is -0.883. The van der Waals surface area contributed by atoms with Crippen molar-refractivity contribution < 1.29 is 28.2 Å². The molecule has 0 saturated heterocycles. The van der Waals surface area contributed by atoms with Gasteiger partial charge in [-0.2, -0.15) is 5.26 Å². The lowest BCUT2D eigenvalue weighted by molar-refractivity contribution is -0.139. The highest BCUT2D eigenvalue weighted by Crippen LogP contribution is 2.42. The van der Waals surface area contributed by atoms with Gasteiger partial charge in [0.05, 0.1) is 61.4 Å². The number of benzene rings is 2. The van der Waals surface area contributed by atoms with E-state index in [-0.39, 0.29) is 17.7 Å². The number of aromatic nitrogens is 1. The molecule has 4 aromatic rings. The van der Waals surface area contributed by atoms with E-state index < -0.39 is 12.0 Å². The molecule has 0 N–H and O–H groups in total. The fraction of sp³-hybridized carbons (Fsp3) is 0.226. The van der Waals surface area contributed by atoms with Gasteiger partial charge in [0.25, 0.3) is 5.56 Å². The normalized spacial score (nSPS) is 14.6. The van der Waals surface area contributed by atoms with Crippen molar-refractivity contribution in [3.05, 3.63) is 96.4 Å². The maximum Gasteiger partial charge on any atom is 0.338 e. The van der Waals surface area contributed by atoms with E-state index in [1.54, 1.807) is 62.4 Å². The Hall–Kier alpha value is -5.08. The van der Waals surface area contributed by atoms with Crippen LogP contribution in [0, 0.1) is 11.3 Å². The van der Waals surface area contributed by atoms with Crippen LogP contribution in [-0.4, -0.2) is 38.5 Å². The van der Waals surface area contributed by atoms with Crippen LogP contribution in [-0.2, 0) is 9.53 Å². The summed E-state index contributed by atoms with van der Waals surface area (Å²) in [6.45, 7) is 3.57. The van der Waals surface area contributed by atoms with E-state index in [0.717, 1.165) is 0 Å². The number of hydrogen-bond acceptors (Lipinski definition) is 10. The SMILES string of the molecule is CCOC(=O)C1=C(C)N=c2s/c(=C/c3ccc(-c4ccccc4C#N)o3)c(=O)n2[C@H]1c1cc(OC)c(OC)c(OC)c1. The molecular weight excluding hydrogens is 558 g/mol. The maximum absolute atomic E-state index is 14.0. The standard InChI is InChI=1S/C31H27N3O7S/c1-6-40-30(36)26-17(2)33-31-34(27(26)19-13-23(37-3)28(39-5)24(14-19)38-4)29(35)25(42-31)15-20-11-12-22(41-20)21-10-8-7-9-18(21)16-32/h7-15,27H,6H2,1-5H3/b25-15+/t27-/m0/s1. The van der Waals surface area contributed by atoms with E-state index in [2.05, 4.69) is 11.1 Å². The molecule has 1 atom stereocenters. The number of allylic oxidation sites excluding steroid dienone is 1. The minimum absolute atomic E-state index is 0.151. The summed E-state index contributed by atoms with van der Waals surface area (Å²) in [5.74, 6) is 1.45. The molecule has 0 aliphatic carbocycles. The van der Waals surface area contributed by atoms with Crippen LogP contribution in [0.1, 0.15) is 36.8 Å². The molecule has 2 aromatic heterocycles. The van der Waals surface area contributed by atoms with E-state index in [9.17, 15) is 14.9 Å². The van der Waals surface area contributed by atoms with E-state index >= 15 is 0 Å². The van der Waals surface area contributed by atoms with E-state index in [4.69, 9.17) is 23.4 Å². The zero-order valence-corrected chi connectivity index (χ0v) is 24.4. The Kier molecular flexibility index (Phi) is 7.99. The summed E-state index contributed by atoms with van der Waals surface area (Å²) < 4.78 is 29.8. The Balaban J connectivity index is 1.70. The van der Waals surface area contributed by atoms with Crippen LogP contribution >= 0.6 is 11.3 Å². The van der Waals surface area contributed by atoms with Crippen molar-refractivity contribution in [2.45, 2.75) is 19.9 Å². The number of nitriles is 1. The molecule has 10 nitrogen and oxygen atoms in total. The van der Waals surface area contributed by atoms with Gasteiger partial charge in [0.2, 0.25) is 5.75 Å². The number of thiazole rings is 1. The van der Waals surface area contributed by atoms with Crippen molar-refractivity contribution in [3.8, 4) is 34.6 Å². The first-order chi connectivity index (χ1) is 20.3. The Labute approximate surface area is 245 Å². The van der Waals surface area contributed by atoms with Gasteiger partial charge in [0.15, 0.2) is 16.3 Å². The van der Waals surface area contributed by atoms with Crippen LogP contribution in [0.4, 0.5) is 0 Å². The molecule has 0 radical (unpaired) electrons. The Morgan fingerprint density at radius 2 is 1.83 bits per heavy atom. The predicted molar refractivity (Wildman–Crippen MR) is 155 cm³/mol. The first-order valence-corrected chi connectivity index (χ1v) is 13.8. The summed E-state index contributed by atoms with van der Waals surface area (Å²) in [5, 5.41) is 9.47. The lowest BCUT2D eigenvalue weighted by Gasteiger charge is -2.26. The Morgan fingerprint density at radius 3 is 2.48 bits per heavy atom. The second-order valence-corrected chi connectivity index (χ2v) is 10.1.